The number of aromatic hydroxyl groups is 1. The summed E-state index contributed by atoms with van der Waals surface area (Å²) in [6, 6.07) is 5.65. The Morgan fingerprint density at radius 2 is 2.11 bits per heavy atom. The summed E-state index contributed by atoms with van der Waals surface area (Å²) in [4.78, 5) is 2.37. The van der Waals surface area contributed by atoms with Gasteiger partial charge in [-0.05, 0) is 39.5 Å². The van der Waals surface area contributed by atoms with Gasteiger partial charge in [0.25, 0.3) is 0 Å². The first-order valence-electron chi connectivity index (χ1n) is 6.21. The third-order valence-corrected chi connectivity index (χ3v) is 3.29. The first kappa shape index (κ1) is 15.5. The molecule has 1 aromatic rings. The molecule has 0 heterocycles. The normalized spacial score (nSPS) is 11.4. The van der Waals surface area contributed by atoms with Gasteiger partial charge in [0.05, 0.1) is 11.1 Å². The first-order valence-corrected chi connectivity index (χ1v) is 7.01. The quantitative estimate of drug-likeness (QED) is 0.838. The summed E-state index contributed by atoms with van der Waals surface area (Å²) in [5.74, 6) is 0.911. The number of nitrogens with zero attached hydrogens (tertiary/aromatic N) is 1. The van der Waals surface area contributed by atoms with Crippen molar-refractivity contribution in [3.05, 3.63) is 28.2 Å². The fourth-order valence-electron chi connectivity index (χ4n) is 1.88. The maximum absolute atomic E-state index is 9.48. The number of phenolic OH excluding ortho intramolecular Hbond substituents is 1. The van der Waals surface area contributed by atoms with Crippen LogP contribution in [0.1, 0.15) is 19.4 Å². The molecule has 0 radical (unpaired) electrons. The van der Waals surface area contributed by atoms with E-state index >= 15 is 0 Å². The lowest BCUT2D eigenvalue weighted by atomic mass is 10.1. The van der Waals surface area contributed by atoms with E-state index in [9.17, 15) is 5.11 Å². The van der Waals surface area contributed by atoms with E-state index in [2.05, 4.69) is 34.7 Å². The Labute approximate surface area is 118 Å². The lowest BCUT2D eigenvalue weighted by Gasteiger charge is -2.24. The minimum atomic E-state index is 0.283. The van der Waals surface area contributed by atoms with Crippen molar-refractivity contribution in [1.29, 1.82) is 0 Å². The topological polar surface area (TPSA) is 32.7 Å². The minimum Gasteiger partial charge on any atom is -0.507 e. The Hall–Kier alpha value is -0.580. The summed E-state index contributed by atoms with van der Waals surface area (Å²) in [6.45, 7) is 8.01. The van der Waals surface area contributed by atoms with E-state index in [1.165, 1.54) is 5.56 Å². The summed E-state index contributed by atoms with van der Waals surface area (Å²) in [5.41, 5.74) is 1.19. The zero-order valence-corrected chi connectivity index (χ0v) is 12.9. The third kappa shape index (κ3) is 5.38. The monoisotopic (exact) mass is 315 g/mol. The highest BCUT2D eigenvalue weighted by Crippen LogP contribution is 2.24. The Kier molecular flexibility index (Phi) is 6.68. The first-order chi connectivity index (χ1) is 8.52. The van der Waals surface area contributed by atoms with Crippen molar-refractivity contribution >= 4 is 15.9 Å². The number of rotatable bonds is 7. The molecular formula is C14H22BrNO2. The van der Waals surface area contributed by atoms with Crippen molar-refractivity contribution in [2.45, 2.75) is 20.4 Å². The molecule has 0 atom stereocenters. The van der Waals surface area contributed by atoms with Crippen LogP contribution in [0.25, 0.3) is 0 Å². The maximum atomic E-state index is 9.48. The number of phenols is 1. The molecule has 0 unspecified atom stereocenters. The second-order valence-corrected chi connectivity index (χ2v) is 5.76. The van der Waals surface area contributed by atoms with E-state index in [0.717, 1.165) is 30.7 Å². The van der Waals surface area contributed by atoms with Crippen LogP contribution < -0.4 is 0 Å². The Balaban J connectivity index is 2.65. The summed E-state index contributed by atoms with van der Waals surface area (Å²) in [5, 5.41) is 9.48. The van der Waals surface area contributed by atoms with Gasteiger partial charge in [0.15, 0.2) is 0 Å². The number of halogens is 1. The Bertz CT molecular complexity index is 369. The average Bonchev–Trinajstić information content (AvgIpc) is 2.30. The third-order valence-electron chi connectivity index (χ3n) is 2.65. The van der Waals surface area contributed by atoms with Gasteiger partial charge in [0.2, 0.25) is 0 Å². The molecule has 18 heavy (non-hydrogen) atoms. The van der Waals surface area contributed by atoms with Crippen molar-refractivity contribution in [2.24, 2.45) is 5.92 Å². The molecule has 0 saturated carbocycles. The minimum absolute atomic E-state index is 0.283. The van der Waals surface area contributed by atoms with Crippen molar-refractivity contribution in [1.82, 2.24) is 4.90 Å². The van der Waals surface area contributed by atoms with Gasteiger partial charge in [-0.3, -0.25) is 4.90 Å². The number of hydrogen-bond donors (Lipinski definition) is 1. The largest absolute Gasteiger partial charge is 0.507 e. The van der Waals surface area contributed by atoms with Crippen LogP contribution >= 0.6 is 15.9 Å². The summed E-state index contributed by atoms with van der Waals surface area (Å²) >= 11 is 3.35. The van der Waals surface area contributed by atoms with Crippen molar-refractivity contribution < 1.29 is 9.84 Å². The summed E-state index contributed by atoms with van der Waals surface area (Å²) in [6.07, 6.45) is 0. The highest BCUT2D eigenvalue weighted by Gasteiger charge is 2.09. The van der Waals surface area contributed by atoms with Crippen LogP contribution in [-0.2, 0) is 11.3 Å². The van der Waals surface area contributed by atoms with Crippen LogP contribution in [0.5, 0.6) is 5.75 Å². The van der Waals surface area contributed by atoms with Crippen molar-refractivity contribution in [3.8, 4) is 5.75 Å². The molecule has 4 heteroatoms. The molecule has 3 nitrogen and oxygen atoms in total. The van der Waals surface area contributed by atoms with Crippen LogP contribution in [0, 0.1) is 5.92 Å². The molecule has 102 valence electrons. The van der Waals surface area contributed by atoms with E-state index in [-0.39, 0.29) is 5.75 Å². The van der Waals surface area contributed by atoms with Gasteiger partial charge < -0.3 is 9.84 Å². The predicted octanol–water partition coefficient (Wildman–Crippen LogP) is 3.26. The van der Waals surface area contributed by atoms with E-state index in [1.807, 2.05) is 12.1 Å². The van der Waals surface area contributed by atoms with Gasteiger partial charge in [-0.1, -0.05) is 19.9 Å². The molecule has 0 fully saturated rings. The fraction of sp³-hybridized carbons (Fsp3) is 0.571. The SMILES string of the molecule is COCCN(Cc1ccc(O)c(Br)c1)CC(C)C. The fourth-order valence-corrected chi connectivity index (χ4v) is 2.30. The molecule has 0 aliphatic rings. The van der Waals surface area contributed by atoms with Gasteiger partial charge in [-0.25, -0.2) is 0 Å². The van der Waals surface area contributed by atoms with E-state index in [4.69, 9.17) is 4.74 Å². The van der Waals surface area contributed by atoms with Gasteiger partial charge >= 0.3 is 0 Å². The van der Waals surface area contributed by atoms with Crippen LogP contribution in [0.2, 0.25) is 0 Å². The molecule has 0 saturated heterocycles. The molecule has 0 aliphatic heterocycles. The van der Waals surface area contributed by atoms with Gasteiger partial charge in [-0.15, -0.1) is 0 Å². The number of methoxy groups -OCH3 is 1. The zero-order valence-electron chi connectivity index (χ0n) is 11.3. The second kappa shape index (κ2) is 7.77. The van der Waals surface area contributed by atoms with E-state index in [1.54, 1.807) is 13.2 Å². The Morgan fingerprint density at radius 3 is 2.67 bits per heavy atom. The molecule has 1 N–H and O–H groups in total. The molecular weight excluding hydrogens is 294 g/mol. The average molecular weight is 316 g/mol. The van der Waals surface area contributed by atoms with Gasteiger partial charge in [0, 0.05) is 26.7 Å². The zero-order chi connectivity index (χ0) is 13.5. The number of ether oxygens (including phenoxy) is 1. The summed E-state index contributed by atoms with van der Waals surface area (Å²) < 4.78 is 5.89. The van der Waals surface area contributed by atoms with E-state index in [0.29, 0.717) is 5.92 Å². The molecule has 1 aromatic carbocycles. The highest BCUT2D eigenvalue weighted by molar-refractivity contribution is 9.10. The molecule has 0 amide bonds. The standard InChI is InChI=1S/C14H22BrNO2/c1-11(2)9-16(6-7-18-3)10-12-4-5-14(17)13(15)8-12/h4-5,8,11,17H,6-7,9-10H2,1-3H3. The van der Waals surface area contributed by atoms with Crippen LogP contribution in [0.3, 0.4) is 0 Å². The van der Waals surface area contributed by atoms with Crippen LogP contribution in [0.4, 0.5) is 0 Å². The lowest BCUT2D eigenvalue weighted by molar-refractivity contribution is 0.136. The van der Waals surface area contributed by atoms with Gasteiger partial charge in [0.1, 0.15) is 5.75 Å². The van der Waals surface area contributed by atoms with Gasteiger partial charge in [-0.2, -0.15) is 0 Å². The number of benzene rings is 1. The molecule has 1 rings (SSSR count). The molecule has 0 aromatic heterocycles. The second-order valence-electron chi connectivity index (χ2n) is 4.91. The molecule has 0 spiro atoms. The summed E-state index contributed by atoms with van der Waals surface area (Å²) in [7, 11) is 1.73. The molecule has 0 aliphatic carbocycles. The predicted molar refractivity (Wildman–Crippen MR) is 77.8 cm³/mol. The molecule has 0 bridgehead atoms. The van der Waals surface area contributed by atoms with Crippen LogP contribution in [-0.4, -0.2) is 36.8 Å². The van der Waals surface area contributed by atoms with Crippen molar-refractivity contribution in [3.63, 3.8) is 0 Å². The van der Waals surface area contributed by atoms with E-state index < -0.39 is 0 Å². The lowest BCUT2D eigenvalue weighted by Crippen LogP contribution is -2.30. The van der Waals surface area contributed by atoms with Crippen LogP contribution in [0.15, 0.2) is 22.7 Å². The highest BCUT2D eigenvalue weighted by atomic mass is 79.9. The Morgan fingerprint density at radius 1 is 1.39 bits per heavy atom. The van der Waals surface area contributed by atoms with Crippen molar-refractivity contribution in [2.75, 3.05) is 26.8 Å². The number of hydrogen-bond acceptors (Lipinski definition) is 3. The smallest absolute Gasteiger partial charge is 0.129 e. The maximum Gasteiger partial charge on any atom is 0.129 e.